The Bertz CT molecular complexity index is 800. The highest BCUT2D eigenvalue weighted by molar-refractivity contribution is 9.10. The smallest absolute Gasteiger partial charge is 0.325 e. The zero-order valence-corrected chi connectivity index (χ0v) is 16.2. The molecule has 0 aliphatic rings. The van der Waals surface area contributed by atoms with Crippen molar-refractivity contribution in [2.45, 2.75) is 19.8 Å². The van der Waals surface area contributed by atoms with E-state index in [-0.39, 0.29) is 24.8 Å². The average molecular weight is 418 g/mol. The highest BCUT2D eigenvalue weighted by atomic mass is 79.9. The van der Waals surface area contributed by atoms with Crippen LogP contribution in [0.1, 0.15) is 46.0 Å². The van der Waals surface area contributed by atoms with Crippen molar-refractivity contribution in [3.8, 4) is 0 Å². The Morgan fingerprint density at radius 3 is 2.35 bits per heavy atom. The van der Waals surface area contributed by atoms with Gasteiger partial charge in [-0.05, 0) is 29.7 Å². The summed E-state index contributed by atoms with van der Waals surface area (Å²) in [5.74, 6) is -0.961. The van der Waals surface area contributed by atoms with Gasteiger partial charge in [0.1, 0.15) is 6.54 Å². The number of Topliss-reactive ketones (excluding diaryl/α,β-unsaturated/α-hetero) is 1. The van der Waals surface area contributed by atoms with Crippen LogP contribution in [0.2, 0.25) is 0 Å². The molecule has 0 heterocycles. The number of hydrogen-bond acceptors (Lipinski definition) is 4. The van der Waals surface area contributed by atoms with E-state index in [1.807, 2.05) is 12.1 Å². The molecule has 5 nitrogen and oxygen atoms in total. The molecule has 0 radical (unpaired) electrons. The summed E-state index contributed by atoms with van der Waals surface area (Å²) < 4.78 is 5.70. The van der Waals surface area contributed by atoms with E-state index in [9.17, 15) is 14.4 Å². The van der Waals surface area contributed by atoms with Crippen molar-refractivity contribution in [2.24, 2.45) is 0 Å². The second kappa shape index (κ2) is 9.29. The molecule has 0 aliphatic heterocycles. The summed E-state index contributed by atoms with van der Waals surface area (Å²) in [6, 6.07) is 14.0. The molecule has 2 aromatic rings. The quantitative estimate of drug-likeness (QED) is 0.550. The van der Waals surface area contributed by atoms with Crippen LogP contribution in [0.4, 0.5) is 0 Å². The van der Waals surface area contributed by atoms with E-state index in [0.717, 1.165) is 10.0 Å². The molecule has 0 bridgehead atoms. The second-order valence-corrected chi connectivity index (χ2v) is 6.97. The number of carbonyl (C=O) groups is 3. The van der Waals surface area contributed by atoms with E-state index in [1.54, 1.807) is 36.4 Å². The lowest BCUT2D eigenvalue weighted by Crippen LogP contribution is -2.31. The molecule has 2 aromatic carbocycles. The van der Waals surface area contributed by atoms with Gasteiger partial charge in [-0.25, -0.2) is 0 Å². The van der Waals surface area contributed by atoms with Crippen molar-refractivity contribution in [3.05, 3.63) is 69.7 Å². The van der Waals surface area contributed by atoms with E-state index in [1.165, 1.54) is 0 Å². The molecule has 26 heavy (non-hydrogen) atoms. The first kappa shape index (κ1) is 19.8. The predicted octanol–water partition coefficient (Wildman–Crippen LogP) is 3.73. The summed E-state index contributed by atoms with van der Waals surface area (Å²) in [7, 11) is 0. The molecule has 136 valence electrons. The normalized spacial score (nSPS) is 10.5. The lowest BCUT2D eigenvalue weighted by atomic mass is 10.0. The predicted molar refractivity (Wildman–Crippen MR) is 102 cm³/mol. The van der Waals surface area contributed by atoms with Crippen LogP contribution < -0.4 is 5.32 Å². The molecule has 0 saturated carbocycles. The number of ether oxygens (including phenoxy) is 1. The average Bonchev–Trinajstić information content (AvgIpc) is 2.64. The summed E-state index contributed by atoms with van der Waals surface area (Å²) in [6.45, 7) is 3.49. The molecule has 0 saturated heterocycles. The lowest BCUT2D eigenvalue weighted by Gasteiger charge is -2.08. The molecule has 0 spiro atoms. The third-order valence-electron chi connectivity index (χ3n) is 3.74. The maximum absolute atomic E-state index is 12.1. The Kier molecular flexibility index (Phi) is 7.09. The molecule has 0 aromatic heterocycles. The summed E-state index contributed by atoms with van der Waals surface area (Å²) in [5.41, 5.74) is 2.04. The van der Waals surface area contributed by atoms with Gasteiger partial charge in [0, 0.05) is 15.6 Å². The van der Waals surface area contributed by atoms with Crippen LogP contribution in [0.5, 0.6) is 0 Å². The van der Waals surface area contributed by atoms with Gasteiger partial charge in [-0.2, -0.15) is 0 Å². The fourth-order valence-corrected chi connectivity index (χ4v) is 2.62. The summed E-state index contributed by atoms with van der Waals surface area (Å²) in [6.07, 6.45) is 0. The summed E-state index contributed by atoms with van der Waals surface area (Å²) in [4.78, 5) is 35.7. The minimum absolute atomic E-state index is 0.285. The van der Waals surface area contributed by atoms with Gasteiger partial charge in [-0.3, -0.25) is 14.4 Å². The van der Waals surface area contributed by atoms with Crippen molar-refractivity contribution in [2.75, 3.05) is 13.2 Å². The van der Waals surface area contributed by atoms with Crippen molar-refractivity contribution in [1.82, 2.24) is 5.32 Å². The van der Waals surface area contributed by atoms with Crippen LogP contribution in [0.3, 0.4) is 0 Å². The van der Waals surface area contributed by atoms with Crippen LogP contribution in [-0.4, -0.2) is 30.8 Å². The van der Waals surface area contributed by atoms with Crippen LogP contribution in [0, 0.1) is 0 Å². The third-order valence-corrected chi connectivity index (χ3v) is 4.24. The molecule has 0 fully saturated rings. The lowest BCUT2D eigenvalue weighted by molar-refractivity contribution is -0.141. The Hall–Kier alpha value is -2.47. The topological polar surface area (TPSA) is 72.5 Å². The maximum atomic E-state index is 12.1. The number of nitrogens with one attached hydrogen (secondary N) is 1. The second-order valence-electron chi connectivity index (χ2n) is 6.05. The SMILES string of the molecule is CC(C)c1ccc(C(=O)COC(=O)CNC(=O)c2cccc(Br)c2)cc1. The van der Waals surface area contributed by atoms with E-state index < -0.39 is 5.97 Å². The third kappa shape index (κ3) is 5.81. The Labute approximate surface area is 160 Å². The van der Waals surface area contributed by atoms with Crippen LogP contribution in [0.15, 0.2) is 53.0 Å². The summed E-state index contributed by atoms with van der Waals surface area (Å²) >= 11 is 3.28. The van der Waals surface area contributed by atoms with Gasteiger partial charge in [-0.15, -0.1) is 0 Å². The van der Waals surface area contributed by atoms with Gasteiger partial charge in [0.2, 0.25) is 0 Å². The molecule has 1 N–H and O–H groups in total. The van der Waals surface area contributed by atoms with Crippen LogP contribution >= 0.6 is 15.9 Å². The number of amides is 1. The van der Waals surface area contributed by atoms with Gasteiger partial charge in [0.15, 0.2) is 12.4 Å². The fourth-order valence-electron chi connectivity index (χ4n) is 2.22. The first-order chi connectivity index (χ1) is 12.4. The van der Waals surface area contributed by atoms with E-state index in [0.29, 0.717) is 17.0 Å². The number of carbonyl (C=O) groups excluding carboxylic acids is 3. The first-order valence-electron chi connectivity index (χ1n) is 8.19. The fraction of sp³-hybridized carbons (Fsp3) is 0.250. The number of ketones is 1. The van der Waals surface area contributed by atoms with Crippen molar-refractivity contribution in [3.63, 3.8) is 0 Å². The number of hydrogen-bond donors (Lipinski definition) is 1. The number of halogens is 1. The van der Waals surface area contributed by atoms with Gasteiger partial charge in [-0.1, -0.05) is 60.1 Å². The largest absolute Gasteiger partial charge is 0.456 e. The summed E-state index contributed by atoms with van der Waals surface area (Å²) in [5, 5.41) is 2.46. The molecular weight excluding hydrogens is 398 g/mol. The van der Waals surface area contributed by atoms with Crippen molar-refractivity contribution >= 4 is 33.6 Å². The van der Waals surface area contributed by atoms with Gasteiger partial charge in [0.05, 0.1) is 0 Å². The Morgan fingerprint density at radius 1 is 1.04 bits per heavy atom. The standard InChI is InChI=1S/C20H20BrNO4/c1-13(2)14-6-8-15(9-7-14)18(23)12-26-19(24)11-22-20(25)16-4-3-5-17(21)10-16/h3-10,13H,11-12H2,1-2H3,(H,22,25). The minimum Gasteiger partial charge on any atom is -0.456 e. The van der Waals surface area contributed by atoms with Crippen molar-refractivity contribution < 1.29 is 19.1 Å². The van der Waals surface area contributed by atoms with Gasteiger partial charge >= 0.3 is 5.97 Å². The molecule has 0 aliphatic carbocycles. The van der Waals surface area contributed by atoms with E-state index >= 15 is 0 Å². The zero-order chi connectivity index (χ0) is 19.1. The van der Waals surface area contributed by atoms with Gasteiger partial charge in [0.25, 0.3) is 5.91 Å². The number of rotatable bonds is 7. The monoisotopic (exact) mass is 417 g/mol. The maximum Gasteiger partial charge on any atom is 0.325 e. The molecule has 1 amide bonds. The van der Waals surface area contributed by atoms with Crippen LogP contribution in [-0.2, 0) is 9.53 Å². The zero-order valence-electron chi connectivity index (χ0n) is 14.6. The molecule has 2 rings (SSSR count). The van der Waals surface area contributed by atoms with Crippen LogP contribution in [0.25, 0.3) is 0 Å². The minimum atomic E-state index is -0.666. The highest BCUT2D eigenvalue weighted by Crippen LogP contribution is 2.15. The van der Waals surface area contributed by atoms with Gasteiger partial charge < -0.3 is 10.1 Å². The molecule has 0 unspecified atom stereocenters. The number of benzene rings is 2. The Morgan fingerprint density at radius 2 is 1.73 bits per heavy atom. The number of esters is 1. The van der Waals surface area contributed by atoms with Crippen molar-refractivity contribution in [1.29, 1.82) is 0 Å². The highest BCUT2D eigenvalue weighted by Gasteiger charge is 2.12. The molecule has 6 heteroatoms. The Balaban J connectivity index is 1.79. The van der Waals surface area contributed by atoms with E-state index in [2.05, 4.69) is 35.1 Å². The molecular formula is C20H20BrNO4. The molecule has 0 atom stereocenters. The van der Waals surface area contributed by atoms with E-state index in [4.69, 9.17) is 4.74 Å². The first-order valence-corrected chi connectivity index (χ1v) is 8.98.